The summed E-state index contributed by atoms with van der Waals surface area (Å²) in [6, 6.07) is 7.70. The molecule has 3 nitrogen and oxygen atoms in total. The lowest BCUT2D eigenvalue weighted by molar-refractivity contribution is 0.0988. The predicted molar refractivity (Wildman–Crippen MR) is 65.9 cm³/mol. The number of Topliss-reactive ketones (excluding diaryl/α,β-unsaturated/α-hetero) is 1. The number of ketones is 1. The zero-order valence-corrected chi connectivity index (χ0v) is 9.86. The molecule has 0 aliphatic carbocycles. The Hall–Kier alpha value is -1.35. The zero-order chi connectivity index (χ0) is 12.0. The second-order valence-electron chi connectivity index (χ2n) is 3.91. The van der Waals surface area contributed by atoms with Crippen LogP contribution in [0.2, 0.25) is 0 Å². The van der Waals surface area contributed by atoms with E-state index >= 15 is 0 Å². The minimum atomic E-state index is 0.162. The van der Waals surface area contributed by atoms with Crippen LogP contribution in [-0.4, -0.2) is 23.5 Å². The predicted octanol–water partition coefficient (Wildman–Crippen LogP) is 2.46. The Labute approximate surface area is 96.5 Å². The first-order valence-corrected chi connectivity index (χ1v) is 5.68. The van der Waals surface area contributed by atoms with Crippen LogP contribution in [0.25, 0.3) is 0 Å². The van der Waals surface area contributed by atoms with Crippen LogP contribution in [0.1, 0.15) is 37.0 Å². The third-order valence-corrected chi connectivity index (χ3v) is 2.50. The normalized spacial score (nSPS) is 12.2. The fourth-order valence-electron chi connectivity index (χ4n) is 1.51. The van der Waals surface area contributed by atoms with Gasteiger partial charge >= 0.3 is 0 Å². The van der Waals surface area contributed by atoms with E-state index in [1.807, 2.05) is 38.1 Å². The van der Waals surface area contributed by atoms with E-state index in [0.29, 0.717) is 6.42 Å². The fourth-order valence-corrected chi connectivity index (χ4v) is 1.51. The van der Waals surface area contributed by atoms with Gasteiger partial charge in [-0.3, -0.25) is 4.79 Å². The van der Waals surface area contributed by atoms with Gasteiger partial charge in [-0.1, -0.05) is 6.92 Å². The molecule has 1 atom stereocenters. The van der Waals surface area contributed by atoms with Crippen molar-refractivity contribution < 1.29 is 9.90 Å². The second kappa shape index (κ2) is 6.28. The molecule has 1 aromatic carbocycles. The molecule has 16 heavy (non-hydrogen) atoms. The van der Waals surface area contributed by atoms with Crippen LogP contribution >= 0.6 is 0 Å². The summed E-state index contributed by atoms with van der Waals surface area (Å²) in [7, 11) is 0. The van der Waals surface area contributed by atoms with Gasteiger partial charge in [-0.2, -0.15) is 0 Å². The summed E-state index contributed by atoms with van der Waals surface area (Å²) in [5, 5.41) is 12.0. The first-order chi connectivity index (χ1) is 7.67. The highest BCUT2D eigenvalue weighted by Crippen LogP contribution is 2.12. The topological polar surface area (TPSA) is 49.3 Å². The molecule has 1 unspecified atom stereocenters. The maximum atomic E-state index is 11.4. The third-order valence-electron chi connectivity index (χ3n) is 2.50. The lowest BCUT2D eigenvalue weighted by Gasteiger charge is -2.13. The molecule has 0 aliphatic rings. The van der Waals surface area contributed by atoms with Crippen LogP contribution in [0.15, 0.2) is 24.3 Å². The Kier molecular flexibility index (Phi) is 4.99. The number of anilines is 1. The van der Waals surface area contributed by atoms with E-state index in [0.717, 1.165) is 17.7 Å². The van der Waals surface area contributed by atoms with Gasteiger partial charge in [0.1, 0.15) is 0 Å². The second-order valence-corrected chi connectivity index (χ2v) is 3.91. The van der Waals surface area contributed by atoms with E-state index in [2.05, 4.69) is 5.32 Å². The summed E-state index contributed by atoms with van der Waals surface area (Å²) < 4.78 is 0. The molecular weight excluding hydrogens is 202 g/mol. The molecule has 0 heterocycles. The molecule has 3 heteroatoms. The average Bonchev–Trinajstić information content (AvgIpc) is 2.29. The van der Waals surface area contributed by atoms with E-state index < -0.39 is 0 Å². The first-order valence-electron chi connectivity index (χ1n) is 5.68. The number of benzene rings is 1. The van der Waals surface area contributed by atoms with Gasteiger partial charge in [0.25, 0.3) is 0 Å². The van der Waals surface area contributed by atoms with Crippen molar-refractivity contribution in [1.82, 2.24) is 0 Å². The number of carbonyl (C=O) groups excluding carboxylic acids is 1. The van der Waals surface area contributed by atoms with Gasteiger partial charge in [-0.15, -0.1) is 0 Å². The highest BCUT2D eigenvalue weighted by molar-refractivity contribution is 5.96. The SMILES string of the molecule is CCC(=O)c1ccc(NC(C)CCO)cc1. The molecule has 2 N–H and O–H groups in total. The smallest absolute Gasteiger partial charge is 0.162 e. The molecule has 0 spiro atoms. The van der Waals surface area contributed by atoms with Crippen molar-refractivity contribution in [2.75, 3.05) is 11.9 Å². The number of rotatable bonds is 6. The molecule has 1 aromatic rings. The van der Waals surface area contributed by atoms with E-state index in [1.54, 1.807) is 0 Å². The maximum absolute atomic E-state index is 11.4. The van der Waals surface area contributed by atoms with Gasteiger partial charge in [0.2, 0.25) is 0 Å². The number of carbonyl (C=O) groups is 1. The fraction of sp³-hybridized carbons (Fsp3) is 0.462. The third kappa shape index (κ3) is 3.66. The zero-order valence-electron chi connectivity index (χ0n) is 9.86. The number of hydrogen-bond acceptors (Lipinski definition) is 3. The summed E-state index contributed by atoms with van der Waals surface area (Å²) in [5.74, 6) is 0.162. The molecular formula is C13H19NO2. The van der Waals surface area contributed by atoms with E-state index in [9.17, 15) is 4.79 Å². The molecule has 1 rings (SSSR count). The summed E-state index contributed by atoms with van der Waals surface area (Å²) >= 11 is 0. The molecule has 0 radical (unpaired) electrons. The molecule has 0 amide bonds. The number of aliphatic hydroxyl groups excluding tert-OH is 1. The molecule has 0 aliphatic heterocycles. The quantitative estimate of drug-likeness (QED) is 0.725. The lowest BCUT2D eigenvalue weighted by Crippen LogP contribution is -2.16. The van der Waals surface area contributed by atoms with E-state index in [4.69, 9.17) is 5.11 Å². The van der Waals surface area contributed by atoms with E-state index in [1.165, 1.54) is 0 Å². The number of aliphatic hydroxyl groups is 1. The van der Waals surface area contributed by atoms with Gasteiger partial charge < -0.3 is 10.4 Å². The van der Waals surface area contributed by atoms with Crippen LogP contribution in [-0.2, 0) is 0 Å². The van der Waals surface area contributed by atoms with Crippen LogP contribution in [0.3, 0.4) is 0 Å². The van der Waals surface area contributed by atoms with Crippen molar-refractivity contribution in [1.29, 1.82) is 0 Å². The summed E-state index contributed by atoms with van der Waals surface area (Å²) in [4.78, 5) is 11.4. The van der Waals surface area contributed by atoms with Gasteiger partial charge in [0.15, 0.2) is 5.78 Å². The van der Waals surface area contributed by atoms with Crippen LogP contribution in [0.5, 0.6) is 0 Å². The standard InChI is InChI=1S/C13H19NO2/c1-3-13(16)11-4-6-12(7-5-11)14-10(2)8-9-15/h4-7,10,14-15H,3,8-9H2,1-2H3. The Balaban J connectivity index is 2.61. The summed E-state index contributed by atoms with van der Waals surface area (Å²) in [5.41, 5.74) is 1.73. The summed E-state index contributed by atoms with van der Waals surface area (Å²) in [6.07, 6.45) is 1.25. The molecule has 0 bridgehead atoms. The van der Waals surface area contributed by atoms with Crippen LogP contribution in [0.4, 0.5) is 5.69 Å². The molecule has 0 fully saturated rings. The van der Waals surface area contributed by atoms with E-state index in [-0.39, 0.29) is 18.4 Å². The monoisotopic (exact) mass is 221 g/mol. The Bertz CT molecular complexity index is 332. The highest BCUT2D eigenvalue weighted by Gasteiger charge is 2.04. The molecule has 88 valence electrons. The number of hydrogen-bond donors (Lipinski definition) is 2. The Morgan fingerprint density at radius 3 is 2.50 bits per heavy atom. The first kappa shape index (κ1) is 12.7. The van der Waals surface area contributed by atoms with Gasteiger partial charge in [-0.25, -0.2) is 0 Å². The lowest BCUT2D eigenvalue weighted by atomic mass is 10.1. The van der Waals surface area contributed by atoms with Crippen molar-refractivity contribution >= 4 is 11.5 Å². The number of nitrogens with one attached hydrogen (secondary N) is 1. The Morgan fingerprint density at radius 2 is 2.00 bits per heavy atom. The minimum Gasteiger partial charge on any atom is -0.396 e. The van der Waals surface area contributed by atoms with Crippen LogP contribution in [0, 0.1) is 0 Å². The van der Waals surface area contributed by atoms with Crippen LogP contribution < -0.4 is 5.32 Å². The van der Waals surface area contributed by atoms with Crippen molar-refractivity contribution in [3.63, 3.8) is 0 Å². The molecule has 0 aromatic heterocycles. The van der Waals surface area contributed by atoms with Crippen molar-refractivity contribution in [3.8, 4) is 0 Å². The largest absolute Gasteiger partial charge is 0.396 e. The van der Waals surface area contributed by atoms with Gasteiger partial charge in [-0.05, 0) is 37.6 Å². The highest BCUT2D eigenvalue weighted by atomic mass is 16.3. The Morgan fingerprint density at radius 1 is 1.38 bits per heavy atom. The average molecular weight is 221 g/mol. The van der Waals surface area contributed by atoms with Crippen molar-refractivity contribution in [2.45, 2.75) is 32.7 Å². The maximum Gasteiger partial charge on any atom is 0.162 e. The molecule has 0 saturated carbocycles. The molecule has 0 saturated heterocycles. The van der Waals surface area contributed by atoms with Crippen molar-refractivity contribution in [2.24, 2.45) is 0 Å². The summed E-state index contributed by atoms with van der Waals surface area (Å²) in [6.45, 7) is 4.06. The van der Waals surface area contributed by atoms with Crippen molar-refractivity contribution in [3.05, 3.63) is 29.8 Å². The van der Waals surface area contributed by atoms with Gasteiger partial charge in [0, 0.05) is 30.3 Å². The minimum absolute atomic E-state index is 0.162. The van der Waals surface area contributed by atoms with Gasteiger partial charge in [0.05, 0.1) is 0 Å².